The molecule has 0 atom stereocenters. The highest BCUT2D eigenvalue weighted by Gasteiger charge is 2.32. The minimum atomic E-state index is 0.125. The molecular weight excluding hydrogens is 196 g/mol. The Kier molecular flexibility index (Phi) is 5.26. The molecule has 3 N–H and O–H groups in total. The van der Waals surface area contributed by atoms with Gasteiger partial charge in [-0.25, -0.2) is 0 Å². The van der Waals surface area contributed by atoms with Crippen LogP contribution in [0.1, 0.15) is 65.7 Å². The molecule has 0 saturated heterocycles. The largest absolute Gasteiger partial charge is 0.324 e. The van der Waals surface area contributed by atoms with E-state index in [4.69, 9.17) is 5.73 Å². The highest BCUT2D eigenvalue weighted by Crippen LogP contribution is 2.29. The summed E-state index contributed by atoms with van der Waals surface area (Å²) in [4.78, 5) is 0. The fourth-order valence-corrected chi connectivity index (χ4v) is 2.40. The number of unbranched alkanes of at least 4 members (excludes halogenated alkanes) is 2. The van der Waals surface area contributed by atoms with E-state index in [2.05, 4.69) is 26.1 Å². The third-order valence-electron chi connectivity index (χ3n) is 3.89. The molecule has 1 fully saturated rings. The molecule has 96 valence electrons. The molecule has 2 nitrogen and oxygen atoms in total. The summed E-state index contributed by atoms with van der Waals surface area (Å²) < 4.78 is 0. The second-order valence-electron chi connectivity index (χ2n) is 6.44. The summed E-state index contributed by atoms with van der Waals surface area (Å²) in [6.07, 6.45) is 9.09. The number of hydrogen-bond donors (Lipinski definition) is 2. The van der Waals surface area contributed by atoms with Gasteiger partial charge in [-0.05, 0) is 31.1 Å². The van der Waals surface area contributed by atoms with Crippen LogP contribution in [-0.2, 0) is 0 Å². The molecule has 0 amide bonds. The van der Waals surface area contributed by atoms with Crippen molar-refractivity contribution < 1.29 is 0 Å². The molecule has 0 radical (unpaired) electrons. The zero-order valence-corrected chi connectivity index (χ0v) is 11.4. The predicted molar refractivity (Wildman–Crippen MR) is 71.6 cm³/mol. The van der Waals surface area contributed by atoms with Gasteiger partial charge in [0.15, 0.2) is 0 Å². The molecule has 16 heavy (non-hydrogen) atoms. The maximum Gasteiger partial charge on any atom is 0.0280 e. The van der Waals surface area contributed by atoms with Gasteiger partial charge < -0.3 is 11.1 Å². The second kappa shape index (κ2) is 6.02. The molecule has 0 aliphatic heterocycles. The van der Waals surface area contributed by atoms with Crippen LogP contribution in [0.15, 0.2) is 0 Å². The van der Waals surface area contributed by atoms with E-state index in [0.717, 1.165) is 13.1 Å². The van der Waals surface area contributed by atoms with E-state index in [1.54, 1.807) is 0 Å². The zero-order valence-electron chi connectivity index (χ0n) is 11.4. The van der Waals surface area contributed by atoms with E-state index in [1.165, 1.54) is 44.9 Å². The molecule has 0 unspecified atom stereocenters. The number of nitrogens with one attached hydrogen (secondary N) is 1. The van der Waals surface area contributed by atoms with Crippen LogP contribution >= 0.6 is 0 Å². The normalized spacial score (nSPS) is 19.5. The summed E-state index contributed by atoms with van der Waals surface area (Å²) in [7, 11) is 0. The first-order valence-corrected chi connectivity index (χ1v) is 6.97. The van der Waals surface area contributed by atoms with Crippen LogP contribution in [0.4, 0.5) is 0 Å². The lowest BCUT2D eigenvalue weighted by atomic mass is 9.77. The van der Waals surface area contributed by atoms with E-state index >= 15 is 0 Å². The van der Waals surface area contributed by atoms with Crippen LogP contribution in [0.5, 0.6) is 0 Å². The van der Waals surface area contributed by atoms with E-state index in [9.17, 15) is 0 Å². The SMILES string of the molecule is CCCCCC(C)(C)CNCC1(N)CCC1. The maximum absolute atomic E-state index is 6.19. The lowest BCUT2D eigenvalue weighted by Crippen LogP contribution is -2.54. The quantitative estimate of drug-likeness (QED) is 0.624. The van der Waals surface area contributed by atoms with Crippen molar-refractivity contribution in [3.8, 4) is 0 Å². The van der Waals surface area contributed by atoms with Gasteiger partial charge in [0.2, 0.25) is 0 Å². The van der Waals surface area contributed by atoms with Crippen molar-refractivity contribution in [1.29, 1.82) is 0 Å². The molecule has 0 heterocycles. The van der Waals surface area contributed by atoms with E-state index in [1.807, 2.05) is 0 Å². The average Bonchev–Trinajstić information content (AvgIpc) is 2.15. The highest BCUT2D eigenvalue weighted by molar-refractivity contribution is 4.94. The van der Waals surface area contributed by atoms with Crippen molar-refractivity contribution in [2.45, 2.75) is 71.3 Å². The van der Waals surface area contributed by atoms with Crippen molar-refractivity contribution >= 4 is 0 Å². The van der Waals surface area contributed by atoms with Crippen LogP contribution in [0.25, 0.3) is 0 Å². The van der Waals surface area contributed by atoms with Gasteiger partial charge >= 0.3 is 0 Å². The summed E-state index contributed by atoms with van der Waals surface area (Å²) in [6, 6.07) is 0. The van der Waals surface area contributed by atoms with Crippen LogP contribution in [0.2, 0.25) is 0 Å². The maximum atomic E-state index is 6.19. The van der Waals surface area contributed by atoms with Crippen LogP contribution < -0.4 is 11.1 Å². The highest BCUT2D eigenvalue weighted by atomic mass is 15.0. The molecule has 1 aliphatic rings. The first kappa shape index (κ1) is 14.0. The minimum Gasteiger partial charge on any atom is -0.324 e. The van der Waals surface area contributed by atoms with E-state index in [0.29, 0.717) is 5.41 Å². The van der Waals surface area contributed by atoms with Gasteiger partial charge in [-0.1, -0.05) is 40.0 Å². The molecule has 0 bridgehead atoms. The van der Waals surface area contributed by atoms with Gasteiger partial charge in [-0.3, -0.25) is 0 Å². The van der Waals surface area contributed by atoms with E-state index in [-0.39, 0.29) is 5.54 Å². The molecular formula is C14H30N2. The monoisotopic (exact) mass is 226 g/mol. The Balaban J connectivity index is 2.09. The Morgan fingerprint density at radius 3 is 2.44 bits per heavy atom. The molecule has 0 aromatic carbocycles. The van der Waals surface area contributed by atoms with Gasteiger partial charge in [0.25, 0.3) is 0 Å². The van der Waals surface area contributed by atoms with Gasteiger partial charge in [-0.2, -0.15) is 0 Å². The fourth-order valence-electron chi connectivity index (χ4n) is 2.40. The summed E-state index contributed by atoms with van der Waals surface area (Å²) in [5.74, 6) is 0. The minimum absolute atomic E-state index is 0.125. The molecule has 1 aliphatic carbocycles. The Hall–Kier alpha value is -0.0800. The summed E-state index contributed by atoms with van der Waals surface area (Å²) in [6.45, 7) is 9.10. The summed E-state index contributed by atoms with van der Waals surface area (Å²) in [5.41, 5.74) is 6.74. The Morgan fingerprint density at radius 1 is 1.25 bits per heavy atom. The Labute approximate surface area is 101 Å². The van der Waals surface area contributed by atoms with Crippen LogP contribution in [-0.4, -0.2) is 18.6 Å². The van der Waals surface area contributed by atoms with Crippen LogP contribution in [0.3, 0.4) is 0 Å². The molecule has 1 saturated carbocycles. The van der Waals surface area contributed by atoms with Crippen molar-refractivity contribution in [3.63, 3.8) is 0 Å². The van der Waals surface area contributed by atoms with Crippen molar-refractivity contribution in [2.75, 3.05) is 13.1 Å². The molecule has 0 aromatic rings. The molecule has 2 heteroatoms. The number of rotatable bonds is 8. The van der Waals surface area contributed by atoms with Crippen molar-refractivity contribution in [2.24, 2.45) is 11.1 Å². The second-order valence-corrected chi connectivity index (χ2v) is 6.44. The van der Waals surface area contributed by atoms with E-state index < -0.39 is 0 Å². The zero-order chi connectivity index (χ0) is 12.1. The van der Waals surface area contributed by atoms with Gasteiger partial charge in [0.05, 0.1) is 0 Å². The standard InChI is InChI=1S/C14H30N2/c1-4-5-6-8-13(2,3)11-16-12-14(15)9-7-10-14/h16H,4-12,15H2,1-3H3. The van der Waals surface area contributed by atoms with Gasteiger partial charge in [0.1, 0.15) is 0 Å². The Bertz CT molecular complexity index is 195. The fraction of sp³-hybridized carbons (Fsp3) is 1.00. The first-order valence-electron chi connectivity index (χ1n) is 6.97. The van der Waals surface area contributed by atoms with Crippen molar-refractivity contribution in [1.82, 2.24) is 5.32 Å². The number of hydrogen-bond acceptors (Lipinski definition) is 2. The summed E-state index contributed by atoms with van der Waals surface area (Å²) in [5, 5.41) is 3.57. The smallest absolute Gasteiger partial charge is 0.0280 e. The third kappa shape index (κ3) is 4.84. The topological polar surface area (TPSA) is 38.0 Å². The van der Waals surface area contributed by atoms with Gasteiger partial charge in [0, 0.05) is 18.6 Å². The average molecular weight is 226 g/mol. The van der Waals surface area contributed by atoms with Gasteiger partial charge in [-0.15, -0.1) is 0 Å². The number of nitrogens with two attached hydrogens (primary N) is 1. The molecule has 0 aromatic heterocycles. The lowest BCUT2D eigenvalue weighted by Gasteiger charge is -2.39. The first-order chi connectivity index (χ1) is 7.47. The van der Waals surface area contributed by atoms with Crippen molar-refractivity contribution in [3.05, 3.63) is 0 Å². The predicted octanol–water partition coefficient (Wildman–Crippen LogP) is 3.06. The van der Waals surface area contributed by atoms with Crippen LogP contribution in [0, 0.1) is 5.41 Å². The summed E-state index contributed by atoms with van der Waals surface area (Å²) >= 11 is 0. The lowest BCUT2D eigenvalue weighted by molar-refractivity contribution is 0.219. The molecule has 0 spiro atoms. The molecule has 1 rings (SSSR count). The third-order valence-corrected chi connectivity index (χ3v) is 3.89. The Morgan fingerprint density at radius 2 is 1.94 bits per heavy atom.